The smallest absolute Gasteiger partial charge is 0.455 e. The minimum Gasteiger partial charge on any atom is -0.456 e. The summed E-state index contributed by atoms with van der Waals surface area (Å²) in [6, 6.07) is 1.73. The van der Waals surface area contributed by atoms with Crippen LogP contribution < -0.4 is 0 Å². The van der Waals surface area contributed by atoms with E-state index in [1.807, 2.05) is 0 Å². The van der Waals surface area contributed by atoms with Crippen molar-refractivity contribution in [2.75, 3.05) is 0 Å². The van der Waals surface area contributed by atoms with Crippen molar-refractivity contribution < 1.29 is 23.0 Å². The Kier molecular flexibility index (Phi) is 3.28. The molecule has 1 atom stereocenters. The predicted octanol–water partition coefficient (Wildman–Crippen LogP) is 3.02. The van der Waals surface area contributed by atoms with Crippen LogP contribution >= 0.6 is 0 Å². The average molecular weight is 261 g/mol. The van der Waals surface area contributed by atoms with Gasteiger partial charge in [0.2, 0.25) is 0 Å². The monoisotopic (exact) mass is 261 g/mol. The molecule has 2 rings (SSSR count). The molecule has 0 aromatic heterocycles. The molecule has 0 radical (unpaired) electrons. The van der Waals surface area contributed by atoms with Gasteiger partial charge in [0, 0.05) is 5.92 Å². The third kappa shape index (κ3) is 2.19. The maximum atomic E-state index is 12.7. The minimum absolute atomic E-state index is 0.0528. The first-order valence-corrected chi connectivity index (χ1v) is 5.98. The molecular formula is C12H14F3NO2. The predicted molar refractivity (Wildman–Crippen MR) is 55.9 cm³/mol. The van der Waals surface area contributed by atoms with Gasteiger partial charge in [-0.1, -0.05) is 19.3 Å². The van der Waals surface area contributed by atoms with Crippen LogP contribution in [0.15, 0.2) is 11.3 Å². The summed E-state index contributed by atoms with van der Waals surface area (Å²) in [6.45, 7) is 0. The van der Waals surface area contributed by atoms with E-state index in [9.17, 15) is 18.3 Å². The number of hydrogen-bond donors (Lipinski definition) is 1. The molecule has 0 amide bonds. The lowest BCUT2D eigenvalue weighted by Gasteiger charge is -2.29. The Morgan fingerprint density at radius 1 is 1.28 bits per heavy atom. The summed E-state index contributed by atoms with van der Waals surface area (Å²) >= 11 is 0. The lowest BCUT2D eigenvalue weighted by Crippen LogP contribution is -2.45. The molecule has 0 saturated heterocycles. The molecule has 1 unspecified atom stereocenters. The standard InChI is InChI=1S/C12H14F3NO2/c13-12(14,15)11(17)6-9(7-16)10(18-11)8-4-2-1-3-5-8/h8,17H,1-6H2. The van der Waals surface area contributed by atoms with Gasteiger partial charge in [-0.3, -0.25) is 0 Å². The molecular weight excluding hydrogens is 247 g/mol. The van der Waals surface area contributed by atoms with Crippen molar-refractivity contribution in [1.29, 1.82) is 5.26 Å². The van der Waals surface area contributed by atoms with Crippen molar-refractivity contribution in [3.63, 3.8) is 0 Å². The first-order chi connectivity index (χ1) is 8.37. The van der Waals surface area contributed by atoms with Crippen molar-refractivity contribution in [1.82, 2.24) is 0 Å². The normalized spacial score (nSPS) is 30.2. The summed E-state index contributed by atoms with van der Waals surface area (Å²) in [6.07, 6.45) is -1.36. The highest BCUT2D eigenvalue weighted by Crippen LogP contribution is 2.47. The summed E-state index contributed by atoms with van der Waals surface area (Å²) < 4.78 is 42.8. The molecule has 18 heavy (non-hydrogen) atoms. The van der Waals surface area contributed by atoms with E-state index in [4.69, 9.17) is 10.00 Å². The Hall–Kier alpha value is -1.22. The van der Waals surface area contributed by atoms with Crippen LogP contribution in [0.25, 0.3) is 0 Å². The van der Waals surface area contributed by atoms with Gasteiger partial charge in [-0.05, 0) is 12.8 Å². The zero-order chi connectivity index (χ0) is 13.4. The third-order valence-electron chi connectivity index (χ3n) is 3.55. The highest BCUT2D eigenvalue weighted by Gasteiger charge is 2.61. The fourth-order valence-electron chi connectivity index (χ4n) is 2.55. The maximum Gasteiger partial charge on any atom is 0.455 e. The van der Waals surface area contributed by atoms with Gasteiger partial charge in [-0.2, -0.15) is 18.4 Å². The summed E-state index contributed by atoms with van der Waals surface area (Å²) in [7, 11) is 0. The minimum atomic E-state index is -4.88. The summed E-state index contributed by atoms with van der Waals surface area (Å²) in [4.78, 5) is 0. The molecule has 0 bridgehead atoms. The molecule has 0 aromatic carbocycles. The number of nitrogens with zero attached hydrogens (tertiary/aromatic N) is 1. The van der Waals surface area contributed by atoms with E-state index < -0.39 is 18.4 Å². The van der Waals surface area contributed by atoms with Crippen LogP contribution in [-0.2, 0) is 4.74 Å². The number of hydrogen-bond acceptors (Lipinski definition) is 3. The first-order valence-electron chi connectivity index (χ1n) is 5.98. The van der Waals surface area contributed by atoms with Crippen molar-refractivity contribution in [2.45, 2.75) is 50.5 Å². The van der Waals surface area contributed by atoms with Gasteiger partial charge in [0.25, 0.3) is 0 Å². The number of allylic oxidation sites excluding steroid dienone is 1. The van der Waals surface area contributed by atoms with E-state index in [1.54, 1.807) is 6.07 Å². The molecule has 1 aliphatic heterocycles. The molecule has 2 aliphatic rings. The van der Waals surface area contributed by atoms with Gasteiger partial charge in [0.15, 0.2) is 0 Å². The second kappa shape index (κ2) is 4.47. The van der Waals surface area contributed by atoms with Gasteiger partial charge >= 0.3 is 12.0 Å². The average Bonchev–Trinajstić information content (AvgIpc) is 2.69. The van der Waals surface area contributed by atoms with Crippen molar-refractivity contribution in [3.8, 4) is 6.07 Å². The topological polar surface area (TPSA) is 53.2 Å². The van der Waals surface area contributed by atoms with E-state index in [1.165, 1.54) is 0 Å². The van der Waals surface area contributed by atoms with Crippen LogP contribution in [0, 0.1) is 17.2 Å². The summed E-state index contributed by atoms with van der Waals surface area (Å²) in [5.41, 5.74) is -0.0678. The first kappa shape index (κ1) is 13.2. The van der Waals surface area contributed by atoms with Crippen LogP contribution in [0.2, 0.25) is 0 Å². The lowest BCUT2D eigenvalue weighted by atomic mass is 9.86. The molecule has 1 aliphatic carbocycles. The maximum absolute atomic E-state index is 12.7. The Balaban J connectivity index is 2.21. The Morgan fingerprint density at radius 2 is 1.89 bits per heavy atom. The number of halogens is 3. The van der Waals surface area contributed by atoms with E-state index in [-0.39, 0.29) is 17.3 Å². The zero-order valence-electron chi connectivity index (χ0n) is 9.76. The Bertz CT molecular complexity index is 405. The molecule has 1 fully saturated rings. The second-order valence-electron chi connectivity index (χ2n) is 4.85. The quantitative estimate of drug-likeness (QED) is 0.789. The van der Waals surface area contributed by atoms with E-state index >= 15 is 0 Å². The van der Waals surface area contributed by atoms with Gasteiger partial charge in [0.1, 0.15) is 5.76 Å². The fraction of sp³-hybridized carbons (Fsp3) is 0.750. The van der Waals surface area contributed by atoms with Gasteiger partial charge < -0.3 is 9.84 Å². The number of aliphatic hydroxyl groups is 1. The molecule has 0 aromatic rings. The van der Waals surface area contributed by atoms with Crippen LogP contribution in [0.3, 0.4) is 0 Å². The largest absolute Gasteiger partial charge is 0.456 e. The Labute approximate surface area is 103 Å². The van der Waals surface area contributed by atoms with Crippen LogP contribution in [0.1, 0.15) is 38.5 Å². The second-order valence-corrected chi connectivity index (χ2v) is 4.85. The van der Waals surface area contributed by atoms with Crippen LogP contribution in [0.5, 0.6) is 0 Å². The zero-order valence-corrected chi connectivity index (χ0v) is 9.76. The highest BCUT2D eigenvalue weighted by atomic mass is 19.4. The SMILES string of the molecule is N#CC1=C(C2CCCCC2)OC(O)(C(F)(F)F)C1. The van der Waals surface area contributed by atoms with Crippen LogP contribution in [0.4, 0.5) is 13.2 Å². The third-order valence-corrected chi connectivity index (χ3v) is 3.55. The molecule has 100 valence electrons. The van der Waals surface area contributed by atoms with Gasteiger partial charge in [0.05, 0.1) is 18.1 Å². The number of ether oxygens (including phenoxy) is 1. The van der Waals surface area contributed by atoms with E-state index in [2.05, 4.69) is 0 Å². The van der Waals surface area contributed by atoms with Crippen molar-refractivity contribution >= 4 is 0 Å². The van der Waals surface area contributed by atoms with Gasteiger partial charge in [-0.15, -0.1) is 0 Å². The highest BCUT2D eigenvalue weighted by molar-refractivity contribution is 5.32. The van der Waals surface area contributed by atoms with Crippen molar-refractivity contribution in [3.05, 3.63) is 11.3 Å². The molecule has 1 heterocycles. The molecule has 1 saturated carbocycles. The number of alkyl halides is 3. The lowest BCUT2D eigenvalue weighted by molar-refractivity contribution is -0.346. The number of rotatable bonds is 1. The van der Waals surface area contributed by atoms with E-state index in [0.29, 0.717) is 12.8 Å². The van der Waals surface area contributed by atoms with Crippen molar-refractivity contribution in [2.24, 2.45) is 5.92 Å². The molecule has 0 spiro atoms. The molecule has 1 N–H and O–H groups in total. The molecule has 3 nitrogen and oxygen atoms in total. The summed E-state index contributed by atoms with van der Waals surface area (Å²) in [5, 5.41) is 18.4. The van der Waals surface area contributed by atoms with Crippen LogP contribution in [-0.4, -0.2) is 17.1 Å². The summed E-state index contributed by atoms with van der Waals surface area (Å²) in [5.74, 6) is -3.33. The molecule has 6 heteroatoms. The fourth-order valence-corrected chi connectivity index (χ4v) is 2.55. The van der Waals surface area contributed by atoms with E-state index in [0.717, 1.165) is 19.3 Å². The Morgan fingerprint density at radius 3 is 2.39 bits per heavy atom. The van der Waals surface area contributed by atoms with Gasteiger partial charge in [-0.25, -0.2) is 0 Å². The number of nitriles is 1.